The minimum absolute atomic E-state index is 0.114. The Morgan fingerprint density at radius 2 is 1.80 bits per heavy atom. The molecule has 1 aliphatic rings. The summed E-state index contributed by atoms with van der Waals surface area (Å²) in [5, 5.41) is 13.8. The Labute approximate surface area is 204 Å². The minimum atomic E-state index is -0.940. The Bertz CT molecular complexity index is 1150. The molecule has 8 nitrogen and oxygen atoms in total. The summed E-state index contributed by atoms with van der Waals surface area (Å²) in [7, 11) is 1.23. The highest BCUT2D eigenvalue weighted by molar-refractivity contribution is 6.46. The molecule has 1 amide bonds. The van der Waals surface area contributed by atoms with E-state index < -0.39 is 35.3 Å². The number of rotatable bonds is 9. The van der Waals surface area contributed by atoms with Crippen molar-refractivity contribution < 1.29 is 33.5 Å². The lowest BCUT2D eigenvalue weighted by atomic mass is 9.94. The molecule has 3 rings (SSSR count). The number of halogens is 1. The van der Waals surface area contributed by atoms with Crippen molar-refractivity contribution in [1.82, 2.24) is 9.88 Å². The van der Waals surface area contributed by atoms with Crippen LogP contribution in [0, 0.1) is 19.7 Å². The molecule has 0 aliphatic carbocycles. The topological polar surface area (TPSA) is 107 Å². The van der Waals surface area contributed by atoms with Crippen LogP contribution in [0.15, 0.2) is 29.8 Å². The standard InChI is InChI=1S/C26H32FN3O5/c1-6-29(7-2)13-8-14-30-22(17-9-11-18(27)12-10-17)20(24(32)25(30)33)23(31)19-15(3)21(26(34)35-5)28-16(19)4/h9-12,22,28,31H,6-8,13-14H2,1-5H3. The number of aromatic nitrogens is 1. The van der Waals surface area contributed by atoms with Gasteiger partial charge in [0, 0.05) is 24.2 Å². The molecule has 1 aliphatic heterocycles. The molecule has 0 bridgehead atoms. The number of aromatic amines is 1. The number of methoxy groups -OCH3 is 1. The van der Waals surface area contributed by atoms with Crippen molar-refractivity contribution in [3.63, 3.8) is 0 Å². The van der Waals surface area contributed by atoms with Crippen LogP contribution in [-0.4, -0.2) is 60.8 Å². The summed E-state index contributed by atoms with van der Waals surface area (Å²) >= 11 is 0. The summed E-state index contributed by atoms with van der Waals surface area (Å²) in [6, 6.07) is 4.51. The van der Waals surface area contributed by atoms with Gasteiger partial charge in [0.1, 0.15) is 11.5 Å². The molecule has 0 saturated carbocycles. The van der Waals surface area contributed by atoms with Crippen molar-refractivity contribution in [3.05, 3.63) is 63.7 Å². The number of Topliss-reactive ketones (excluding diaryl/α,β-unsaturated/α-hetero) is 1. The lowest BCUT2D eigenvalue weighted by Crippen LogP contribution is -3.11. The second-order valence-electron chi connectivity index (χ2n) is 8.70. The number of benzene rings is 1. The highest BCUT2D eigenvalue weighted by Crippen LogP contribution is 2.40. The third-order valence-corrected chi connectivity index (χ3v) is 6.70. The van der Waals surface area contributed by atoms with Crippen molar-refractivity contribution >= 4 is 23.4 Å². The molecule has 35 heavy (non-hydrogen) atoms. The predicted octanol–water partition coefficient (Wildman–Crippen LogP) is 1.10. The molecule has 188 valence electrons. The fourth-order valence-electron chi connectivity index (χ4n) is 4.73. The third-order valence-electron chi connectivity index (χ3n) is 6.70. The molecule has 0 radical (unpaired) electrons. The van der Waals surface area contributed by atoms with Crippen molar-refractivity contribution in [2.75, 3.05) is 33.3 Å². The summed E-state index contributed by atoms with van der Waals surface area (Å²) in [6.07, 6.45) is 0.643. The molecule has 1 saturated heterocycles. The van der Waals surface area contributed by atoms with Crippen molar-refractivity contribution in [2.45, 2.75) is 40.2 Å². The van der Waals surface area contributed by atoms with Gasteiger partial charge in [-0.3, -0.25) is 9.59 Å². The second kappa shape index (κ2) is 10.9. The quantitative estimate of drug-likeness (QED) is 0.239. The van der Waals surface area contributed by atoms with Gasteiger partial charge in [0.15, 0.2) is 0 Å². The van der Waals surface area contributed by atoms with E-state index in [1.165, 1.54) is 41.2 Å². The van der Waals surface area contributed by atoms with Crippen LogP contribution in [0.2, 0.25) is 0 Å². The number of quaternary nitrogens is 1. The summed E-state index contributed by atoms with van der Waals surface area (Å²) < 4.78 is 18.4. The molecule has 2 heterocycles. The Balaban J connectivity index is 2.11. The van der Waals surface area contributed by atoms with Gasteiger partial charge < -0.3 is 24.6 Å². The van der Waals surface area contributed by atoms with E-state index in [4.69, 9.17) is 4.74 Å². The van der Waals surface area contributed by atoms with Crippen LogP contribution in [0.1, 0.15) is 59.2 Å². The van der Waals surface area contributed by atoms with E-state index in [2.05, 4.69) is 18.8 Å². The largest absolute Gasteiger partial charge is 0.872 e. The van der Waals surface area contributed by atoms with E-state index >= 15 is 0 Å². The first-order chi connectivity index (χ1) is 16.7. The smallest absolute Gasteiger partial charge is 0.354 e. The zero-order valence-electron chi connectivity index (χ0n) is 20.8. The van der Waals surface area contributed by atoms with Gasteiger partial charge in [-0.15, -0.1) is 0 Å². The van der Waals surface area contributed by atoms with Gasteiger partial charge in [0.05, 0.1) is 32.8 Å². The number of nitrogens with zero attached hydrogens (tertiary/aromatic N) is 1. The van der Waals surface area contributed by atoms with Gasteiger partial charge in [-0.1, -0.05) is 17.9 Å². The fraction of sp³-hybridized carbons (Fsp3) is 0.423. The van der Waals surface area contributed by atoms with Crippen LogP contribution in [0.25, 0.3) is 5.76 Å². The Morgan fingerprint density at radius 3 is 2.37 bits per heavy atom. The Kier molecular flexibility index (Phi) is 8.11. The SMILES string of the molecule is CC[NH+](CC)CCCN1C(=O)C(=O)C(=C([O-])c2c(C)[nH]c(C(=O)OC)c2C)C1c1ccc(F)cc1. The van der Waals surface area contributed by atoms with E-state index in [0.29, 0.717) is 23.2 Å². The van der Waals surface area contributed by atoms with Gasteiger partial charge >= 0.3 is 5.97 Å². The molecule has 1 aromatic heterocycles. The number of esters is 1. The first-order valence-electron chi connectivity index (χ1n) is 11.8. The van der Waals surface area contributed by atoms with Gasteiger partial charge in [0.25, 0.3) is 5.91 Å². The number of aryl methyl sites for hydroxylation is 1. The highest BCUT2D eigenvalue weighted by Gasteiger charge is 2.44. The average Bonchev–Trinajstić information content (AvgIpc) is 3.28. The molecule has 1 unspecified atom stereocenters. The molecular formula is C26H32FN3O5. The van der Waals surface area contributed by atoms with Gasteiger partial charge in [-0.25, -0.2) is 9.18 Å². The van der Waals surface area contributed by atoms with Crippen LogP contribution in [-0.2, 0) is 14.3 Å². The lowest BCUT2D eigenvalue weighted by molar-refractivity contribution is -0.896. The molecule has 2 N–H and O–H groups in total. The zero-order valence-corrected chi connectivity index (χ0v) is 20.8. The van der Waals surface area contributed by atoms with Gasteiger partial charge in [-0.05, 0) is 56.5 Å². The molecule has 1 fully saturated rings. The van der Waals surface area contributed by atoms with E-state index in [9.17, 15) is 23.9 Å². The first-order valence-corrected chi connectivity index (χ1v) is 11.8. The monoisotopic (exact) mass is 485 g/mol. The number of amides is 1. The van der Waals surface area contributed by atoms with E-state index in [1.54, 1.807) is 13.8 Å². The maximum atomic E-state index is 13.8. The Hall–Kier alpha value is -3.46. The summed E-state index contributed by atoms with van der Waals surface area (Å²) in [5.74, 6) is -3.36. The second-order valence-corrected chi connectivity index (χ2v) is 8.70. The number of carbonyl (C=O) groups is 3. The normalized spacial score (nSPS) is 17.5. The molecular weight excluding hydrogens is 453 g/mol. The molecule has 1 atom stereocenters. The number of ether oxygens (including phenoxy) is 1. The van der Waals surface area contributed by atoms with E-state index in [0.717, 1.165) is 19.6 Å². The zero-order chi connectivity index (χ0) is 25.9. The summed E-state index contributed by atoms with van der Waals surface area (Å²) in [6.45, 7) is 10.3. The van der Waals surface area contributed by atoms with Crippen LogP contribution >= 0.6 is 0 Å². The lowest BCUT2D eigenvalue weighted by Gasteiger charge is -2.28. The van der Waals surface area contributed by atoms with Crippen LogP contribution < -0.4 is 10.0 Å². The minimum Gasteiger partial charge on any atom is -0.872 e. The van der Waals surface area contributed by atoms with Gasteiger partial charge in [0.2, 0.25) is 5.78 Å². The number of H-pyrrole nitrogens is 1. The summed E-state index contributed by atoms with van der Waals surface area (Å²) in [4.78, 5) is 44.0. The molecule has 2 aromatic rings. The third kappa shape index (κ3) is 5.00. The Morgan fingerprint density at radius 1 is 1.17 bits per heavy atom. The van der Waals surface area contributed by atoms with E-state index in [1.807, 2.05) is 0 Å². The molecule has 0 spiro atoms. The molecule has 9 heteroatoms. The number of hydrogen-bond donors (Lipinski definition) is 2. The highest BCUT2D eigenvalue weighted by atomic mass is 19.1. The predicted molar refractivity (Wildman–Crippen MR) is 126 cm³/mol. The summed E-state index contributed by atoms with van der Waals surface area (Å²) in [5.41, 5.74) is 1.28. The van der Waals surface area contributed by atoms with Crippen molar-refractivity contribution in [3.8, 4) is 0 Å². The number of nitrogens with one attached hydrogen (secondary N) is 2. The number of ketones is 1. The number of hydrogen-bond acceptors (Lipinski definition) is 5. The van der Waals surface area contributed by atoms with E-state index in [-0.39, 0.29) is 23.4 Å². The van der Waals surface area contributed by atoms with Crippen molar-refractivity contribution in [1.29, 1.82) is 0 Å². The first kappa shape index (κ1) is 26.2. The van der Waals surface area contributed by atoms with Gasteiger partial charge in [-0.2, -0.15) is 0 Å². The van der Waals surface area contributed by atoms with Crippen LogP contribution in [0.4, 0.5) is 4.39 Å². The molecule has 1 aromatic carbocycles. The maximum absolute atomic E-state index is 13.8. The number of likely N-dealkylation sites (tertiary alicyclic amines) is 1. The maximum Gasteiger partial charge on any atom is 0.354 e. The average molecular weight is 486 g/mol. The van der Waals surface area contributed by atoms with Crippen LogP contribution in [0.3, 0.4) is 0 Å². The van der Waals surface area contributed by atoms with Crippen LogP contribution in [0.5, 0.6) is 0 Å². The van der Waals surface area contributed by atoms with Crippen molar-refractivity contribution in [2.24, 2.45) is 0 Å². The fourth-order valence-corrected chi connectivity index (χ4v) is 4.73. The number of carbonyl (C=O) groups excluding carboxylic acids is 3.